The number of carbonyl (C=O) groups excluding carboxylic acids is 1. The predicted octanol–water partition coefficient (Wildman–Crippen LogP) is 3.96. The number of hydrogen-bond donors (Lipinski definition) is 1. The van der Waals surface area contributed by atoms with Crippen LogP contribution >= 0.6 is 23.2 Å². The molecule has 1 N–H and O–H groups in total. The molecule has 23 heavy (non-hydrogen) atoms. The van der Waals surface area contributed by atoms with E-state index in [2.05, 4.69) is 22.3 Å². The molecule has 3 nitrogen and oxygen atoms in total. The lowest BCUT2D eigenvalue weighted by Gasteiger charge is -2.25. The SMILES string of the molecule is CN(C)C(CNC(=O)Cc1ccc(Cl)cc1Cl)c1ccccc1. The second-order valence-electron chi connectivity index (χ2n) is 5.61. The Labute approximate surface area is 147 Å². The zero-order valence-electron chi connectivity index (χ0n) is 13.2. The number of benzene rings is 2. The second-order valence-corrected chi connectivity index (χ2v) is 6.45. The van der Waals surface area contributed by atoms with Gasteiger partial charge in [0.15, 0.2) is 0 Å². The third-order valence-electron chi connectivity index (χ3n) is 3.67. The summed E-state index contributed by atoms with van der Waals surface area (Å²) in [6.07, 6.45) is 0.241. The highest BCUT2D eigenvalue weighted by Gasteiger charge is 2.15. The molecule has 0 bridgehead atoms. The van der Waals surface area contributed by atoms with Gasteiger partial charge in [-0.15, -0.1) is 0 Å². The summed E-state index contributed by atoms with van der Waals surface area (Å²) >= 11 is 12.0. The number of nitrogens with zero attached hydrogens (tertiary/aromatic N) is 1. The highest BCUT2D eigenvalue weighted by Crippen LogP contribution is 2.21. The number of nitrogens with one attached hydrogen (secondary N) is 1. The molecule has 0 heterocycles. The number of likely N-dealkylation sites (N-methyl/N-ethyl adjacent to an activating group) is 1. The van der Waals surface area contributed by atoms with Crippen molar-refractivity contribution >= 4 is 29.1 Å². The maximum atomic E-state index is 12.2. The van der Waals surface area contributed by atoms with Crippen LogP contribution in [0.25, 0.3) is 0 Å². The Morgan fingerprint density at radius 1 is 1.13 bits per heavy atom. The van der Waals surface area contributed by atoms with Crippen LogP contribution in [0.4, 0.5) is 0 Å². The van der Waals surface area contributed by atoms with E-state index in [4.69, 9.17) is 23.2 Å². The van der Waals surface area contributed by atoms with Crippen LogP contribution < -0.4 is 5.32 Å². The molecule has 2 rings (SSSR count). The summed E-state index contributed by atoms with van der Waals surface area (Å²) in [6, 6.07) is 15.4. The van der Waals surface area contributed by atoms with Crippen molar-refractivity contribution in [3.05, 3.63) is 69.7 Å². The summed E-state index contributed by atoms with van der Waals surface area (Å²) in [4.78, 5) is 14.3. The van der Waals surface area contributed by atoms with Crippen LogP contribution in [0.5, 0.6) is 0 Å². The lowest BCUT2D eigenvalue weighted by molar-refractivity contribution is -0.120. The first-order chi connectivity index (χ1) is 11.0. The minimum Gasteiger partial charge on any atom is -0.354 e. The van der Waals surface area contributed by atoms with Gasteiger partial charge in [0.1, 0.15) is 0 Å². The number of hydrogen-bond acceptors (Lipinski definition) is 2. The fraction of sp³-hybridized carbons (Fsp3) is 0.278. The quantitative estimate of drug-likeness (QED) is 0.855. The monoisotopic (exact) mass is 350 g/mol. The van der Waals surface area contributed by atoms with Gasteiger partial charge in [0.25, 0.3) is 0 Å². The van der Waals surface area contributed by atoms with Gasteiger partial charge in [0, 0.05) is 16.6 Å². The average molecular weight is 351 g/mol. The molecule has 0 radical (unpaired) electrons. The van der Waals surface area contributed by atoms with Crippen molar-refractivity contribution in [2.45, 2.75) is 12.5 Å². The molecule has 2 aromatic rings. The number of amides is 1. The molecule has 1 unspecified atom stereocenters. The van der Waals surface area contributed by atoms with E-state index in [9.17, 15) is 4.79 Å². The smallest absolute Gasteiger partial charge is 0.224 e. The first kappa shape index (κ1) is 17.8. The highest BCUT2D eigenvalue weighted by molar-refractivity contribution is 6.35. The number of carbonyl (C=O) groups is 1. The van der Waals surface area contributed by atoms with Crippen molar-refractivity contribution in [3.8, 4) is 0 Å². The van der Waals surface area contributed by atoms with Gasteiger partial charge in [-0.2, -0.15) is 0 Å². The van der Waals surface area contributed by atoms with Gasteiger partial charge < -0.3 is 10.2 Å². The van der Waals surface area contributed by atoms with E-state index in [0.717, 1.165) is 5.56 Å². The van der Waals surface area contributed by atoms with Crippen LogP contribution in [0.1, 0.15) is 17.2 Å². The van der Waals surface area contributed by atoms with E-state index in [1.165, 1.54) is 5.56 Å². The molecule has 122 valence electrons. The van der Waals surface area contributed by atoms with Crippen LogP contribution in [0.2, 0.25) is 10.0 Å². The second kappa shape index (κ2) is 8.34. The van der Waals surface area contributed by atoms with Crippen molar-refractivity contribution in [3.63, 3.8) is 0 Å². The van der Waals surface area contributed by atoms with Crippen molar-refractivity contribution < 1.29 is 4.79 Å². The third-order valence-corrected chi connectivity index (χ3v) is 4.25. The summed E-state index contributed by atoms with van der Waals surface area (Å²) in [7, 11) is 4.00. The minimum atomic E-state index is -0.0583. The van der Waals surface area contributed by atoms with E-state index in [0.29, 0.717) is 16.6 Å². The molecule has 0 saturated heterocycles. The van der Waals surface area contributed by atoms with Crippen molar-refractivity contribution in [1.82, 2.24) is 10.2 Å². The third kappa shape index (κ3) is 5.24. The molecule has 2 aromatic carbocycles. The molecule has 1 atom stereocenters. The van der Waals surface area contributed by atoms with Gasteiger partial charge in [0.2, 0.25) is 5.91 Å². The van der Waals surface area contributed by atoms with Crippen LogP contribution in [0, 0.1) is 0 Å². The predicted molar refractivity (Wildman–Crippen MR) is 96.0 cm³/mol. The zero-order chi connectivity index (χ0) is 16.8. The molecule has 1 amide bonds. The van der Waals surface area contributed by atoms with E-state index < -0.39 is 0 Å². The first-order valence-electron chi connectivity index (χ1n) is 7.39. The molecule has 0 saturated carbocycles. The van der Waals surface area contributed by atoms with E-state index in [1.54, 1.807) is 18.2 Å². The number of rotatable bonds is 6. The van der Waals surface area contributed by atoms with Crippen LogP contribution in [0.3, 0.4) is 0 Å². The van der Waals surface area contributed by atoms with Gasteiger partial charge in [-0.25, -0.2) is 0 Å². The molecule has 5 heteroatoms. The minimum absolute atomic E-state index is 0.0583. The van der Waals surface area contributed by atoms with Crippen molar-refractivity contribution in [1.29, 1.82) is 0 Å². The molecule has 0 aliphatic carbocycles. The maximum absolute atomic E-state index is 12.2. The van der Waals surface area contributed by atoms with Crippen LogP contribution in [-0.4, -0.2) is 31.4 Å². The van der Waals surface area contributed by atoms with Crippen molar-refractivity contribution in [2.75, 3.05) is 20.6 Å². The summed E-state index contributed by atoms with van der Waals surface area (Å²) in [5.41, 5.74) is 1.94. The van der Waals surface area contributed by atoms with Crippen molar-refractivity contribution in [2.24, 2.45) is 0 Å². The van der Waals surface area contributed by atoms with Gasteiger partial charge in [-0.3, -0.25) is 4.79 Å². The molecular weight excluding hydrogens is 331 g/mol. The summed E-state index contributed by atoms with van der Waals surface area (Å²) in [5, 5.41) is 4.06. The average Bonchev–Trinajstić information content (AvgIpc) is 2.51. The van der Waals surface area contributed by atoms with Crippen LogP contribution in [-0.2, 0) is 11.2 Å². The lowest BCUT2D eigenvalue weighted by Crippen LogP contribution is -2.35. The topological polar surface area (TPSA) is 32.3 Å². The lowest BCUT2D eigenvalue weighted by atomic mass is 10.1. The maximum Gasteiger partial charge on any atom is 0.224 e. The van der Waals surface area contributed by atoms with Gasteiger partial charge >= 0.3 is 0 Å². The largest absolute Gasteiger partial charge is 0.354 e. The number of halogens is 2. The van der Waals surface area contributed by atoms with Gasteiger partial charge in [-0.1, -0.05) is 59.6 Å². The first-order valence-corrected chi connectivity index (χ1v) is 8.15. The molecule has 0 spiro atoms. The Morgan fingerprint density at radius 2 is 1.83 bits per heavy atom. The fourth-order valence-corrected chi connectivity index (χ4v) is 2.86. The van der Waals surface area contributed by atoms with E-state index in [-0.39, 0.29) is 18.4 Å². The summed E-state index contributed by atoms with van der Waals surface area (Å²) in [5.74, 6) is -0.0583. The van der Waals surface area contributed by atoms with Gasteiger partial charge in [0.05, 0.1) is 12.5 Å². The van der Waals surface area contributed by atoms with Crippen LogP contribution in [0.15, 0.2) is 48.5 Å². The normalized spacial score (nSPS) is 12.2. The molecule has 0 aliphatic rings. The Morgan fingerprint density at radius 3 is 2.43 bits per heavy atom. The Kier molecular flexibility index (Phi) is 6.46. The Hall–Kier alpha value is -1.55. The standard InChI is InChI=1S/C18H20Cl2N2O/c1-22(2)17(13-6-4-3-5-7-13)12-21-18(23)10-14-8-9-15(19)11-16(14)20/h3-9,11,17H,10,12H2,1-2H3,(H,21,23). The Bertz CT molecular complexity index is 659. The fourth-order valence-electron chi connectivity index (χ4n) is 2.38. The molecule has 0 fully saturated rings. The van der Waals surface area contributed by atoms with E-state index in [1.807, 2.05) is 32.3 Å². The molecular formula is C18H20Cl2N2O. The van der Waals surface area contributed by atoms with E-state index >= 15 is 0 Å². The summed E-state index contributed by atoms with van der Waals surface area (Å²) < 4.78 is 0. The summed E-state index contributed by atoms with van der Waals surface area (Å²) in [6.45, 7) is 0.543. The molecule has 0 aromatic heterocycles. The van der Waals surface area contributed by atoms with Gasteiger partial charge in [-0.05, 0) is 37.4 Å². The highest BCUT2D eigenvalue weighted by atomic mass is 35.5. The Balaban J connectivity index is 1.97. The zero-order valence-corrected chi connectivity index (χ0v) is 14.7. The molecule has 0 aliphatic heterocycles.